The lowest BCUT2D eigenvalue weighted by Gasteiger charge is -2.30. The number of hydrogen-bond donors (Lipinski definition) is 1. The van der Waals surface area contributed by atoms with Gasteiger partial charge in [-0.1, -0.05) is 13.3 Å². The largest absolute Gasteiger partial charge is 0.326 e. The van der Waals surface area contributed by atoms with Crippen molar-refractivity contribution < 1.29 is 0 Å². The maximum Gasteiger partial charge on any atom is 0.112 e. The van der Waals surface area contributed by atoms with Crippen LogP contribution in [0.2, 0.25) is 0 Å². The molecule has 2 heterocycles. The first-order valence-corrected chi connectivity index (χ1v) is 7.02. The van der Waals surface area contributed by atoms with E-state index in [9.17, 15) is 0 Å². The summed E-state index contributed by atoms with van der Waals surface area (Å²) in [4.78, 5) is 7.10. The molecule has 2 rings (SSSR count). The first kappa shape index (κ1) is 12.0. The fraction of sp³-hybridized carbons (Fsp3) is 0.750. The average molecular weight is 239 g/mol. The van der Waals surface area contributed by atoms with Crippen molar-refractivity contribution in [3.8, 4) is 0 Å². The quantitative estimate of drug-likeness (QED) is 0.861. The number of aryl methyl sites for hydroxylation is 1. The third kappa shape index (κ3) is 2.44. The maximum atomic E-state index is 6.31. The molecule has 2 atom stereocenters. The van der Waals surface area contributed by atoms with E-state index < -0.39 is 0 Å². The Morgan fingerprint density at radius 1 is 1.56 bits per heavy atom. The van der Waals surface area contributed by atoms with Crippen LogP contribution in [-0.4, -0.2) is 29.0 Å². The fourth-order valence-electron chi connectivity index (χ4n) is 2.46. The molecule has 1 aliphatic heterocycles. The van der Waals surface area contributed by atoms with Gasteiger partial charge < -0.3 is 5.73 Å². The normalized spacial score (nSPS) is 27.9. The Kier molecular flexibility index (Phi) is 3.95. The zero-order chi connectivity index (χ0) is 11.5. The molecule has 16 heavy (non-hydrogen) atoms. The van der Waals surface area contributed by atoms with Gasteiger partial charge in [0.2, 0.25) is 0 Å². The Balaban J connectivity index is 2.25. The van der Waals surface area contributed by atoms with E-state index in [0.29, 0.717) is 6.04 Å². The molecule has 2 N–H and O–H groups in total. The molecule has 2 unspecified atom stereocenters. The van der Waals surface area contributed by atoms with Gasteiger partial charge in [0.05, 0.1) is 6.04 Å². The van der Waals surface area contributed by atoms with Crippen molar-refractivity contribution in [2.45, 2.75) is 45.2 Å². The van der Waals surface area contributed by atoms with Crippen LogP contribution in [-0.2, 0) is 0 Å². The van der Waals surface area contributed by atoms with Gasteiger partial charge in [-0.05, 0) is 32.9 Å². The number of nitrogens with zero attached hydrogens (tertiary/aromatic N) is 2. The number of likely N-dealkylation sites (N-methyl/N-ethyl adjacent to an activating group) is 1. The molecule has 1 saturated heterocycles. The first-order chi connectivity index (χ1) is 7.72. The molecule has 0 radical (unpaired) electrons. The van der Waals surface area contributed by atoms with Crippen LogP contribution in [0.5, 0.6) is 0 Å². The molecule has 1 aliphatic rings. The van der Waals surface area contributed by atoms with Gasteiger partial charge >= 0.3 is 0 Å². The highest BCUT2D eigenvalue weighted by atomic mass is 32.1. The number of rotatable bonds is 2. The predicted octanol–water partition coefficient (Wildman–Crippen LogP) is 2.33. The van der Waals surface area contributed by atoms with Crippen molar-refractivity contribution in [3.05, 3.63) is 16.1 Å². The monoisotopic (exact) mass is 239 g/mol. The number of likely N-dealkylation sites (tertiary alicyclic amines) is 1. The fourth-order valence-corrected chi connectivity index (χ4v) is 3.47. The second-order valence-electron chi connectivity index (χ2n) is 4.56. The van der Waals surface area contributed by atoms with Crippen LogP contribution < -0.4 is 5.73 Å². The molecule has 0 bridgehead atoms. The minimum absolute atomic E-state index is 0.244. The molecule has 3 nitrogen and oxygen atoms in total. The highest BCUT2D eigenvalue weighted by molar-refractivity contribution is 7.09. The van der Waals surface area contributed by atoms with Gasteiger partial charge in [-0.15, -0.1) is 11.3 Å². The van der Waals surface area contributed by atoms with Gasteiger partial charge in [-0.25, -0.2) is 4.98 Å². The highest BCUT2D eigenvalue weighted by Gasteiger charge is 2.29. The van der Waals surface area contributed by atoms with E-state index >= 15 is 0 Å². The molecule has 0 spiro atoms. The van der Waals surface area contributed by atoms with Crippen molar-refractivity contribution >= 4 is 11.3 Å². The van der Waals surface area contributed by atoms with Gasteiger partial charge in [0.25, 0.3) is 0 Å². The Morgan fingerprint density at radius 2 is 2.38 bits per heavy atom. The number of aromatic nitrogens is 1. The third-order valence-corrected chi connectivity index (χ3v) is 4.36. The van der Waals surface area contributed by atoms with Gasteiger partial charge in [0, 0.05) is 17.1 Å². The summed E-state index contributed by atoms with van der Waals surface area (Å²) in [6.07, 6.45) is 3.64. The molecule has 4 heteroatoms. The molecular formula is C12H21N3S. The Labute approximate surface area is 102 Å². The van der Waals surface area contributed by atoms with Crippen molar-refractivity contribution in [2.24, 2.45) is 5.73 Å². The first-order valence-electron chi connectivity index (χ1n) is 6.14. The molecule has 0 saturated carbocycles. The molecule has 1 aromatic heterocycles. The third-order valence-electron chi connectivity index (χ3n) is 3.33. The molecule has 1 aromatic rings. The summed E-state index contributed by atoms with van der Waals surface area (Å²) in [7, 11) is 0. The van der Waals surface area contributed by atoms with Gasteiger partial charge in [0.15, 0.2) is 0 Å². The van der Waals surface area contributed by atoms with Gasteiger partial charge in [0.1, 0.15) is 5.01 Å². The van der Waals surface area contributed by atoms with Crippen LogP contribution in [0, 0.1) is 6.92 Å². The van der Waals surface area contributed by atoms with Crippen LogP contribution in [0.3, 0.4) is 0 Å². The van der Waals surface area contributed by atoms with Crippen LogP contribution >= 0.6 is 11.3 Å². The molecule has 1 fully saturated rings. The standard InChI is InChI=1S/C12H21N3S/c1-3-15-7-5-4-6-10(13)11(15)12-14-9(2)8-16-12/h8,10-11H,3-7,13H2,1-2H3. The van der Waals surface area contributed by atoms with E-state index in [1.807, 2.05) is 0 Å². The van der Waals surface area contributed by atoms with Gasteiger partial charge in [-0.2, -0.15) is 0 Å². The van der Waals surface area contributed by atoms with Crippen molar-refractivity contribution in [1.29, 1.82) is 0 Å². The van der Waals surface area contributed by atoms with Crippen LogP contribution in [0.25, 0.3) is 0 Å². The maximum absolute atomic E-state index is 6.31. The summed E-state index contributed by atoms with van der Waals surface area (Å²) in [6, 6.07) is 0.583. The zero-order valence-corrected chi connectivity index (χ0v) is 11.0. The van der Waals surface area contributed by atoms with Crippen LogP contribution in [0.1, 0.15) is 42.9 Å². The summed E-state index contributed by atoms with van der Waals surface area (Å²) in [6.45, 7) is 6.49. The average Bonchev–Trinajstić information content (AvgIpc) is 2.59. The lowest BCUT2D eigenvalue weighted by molar-refractivity contribution is 0.195. The van der Waals surface area contributed by atoms with E-state index in [1.54, 1.807) is 11.3 Å². The van der Waals surface area contributed by atoms with E-state index in [4.69, 9.17) is 5.73 Å². The zero-order valence-electron chi connectivity index (χ0n) is 10.1. The minimum atomic E-state index is 0.244. The Hall–Kier alpha value is -0.450. The van der Waals surface area contributed by atoms with Crippen LogP contribution in [0.15, 0.2) is 5.38 Å². The molecule has 90 valence electrons. The lowest BCUT2D eigenvalue weighted by Crippen LogP contribution is -2.39. The van der Waals surface area contributed by atoms with Crippen molar-refractivity contribution in [1.82, 2.24) is 9.88 Å². The van der Waals surface area contributed by atoms with E-state index in [2.05, 4.69) is 29.1 Å². The highest BCUT2D eigenvalue weighted by Crippen LogP contribution is 2.30. The summed E-state index contributed by atoms with van der Waals surface area (Å²) in [5.74, 6) is 0. The summed E-state index contributed by atoms with van der Waals surface area (Å²) in [5, 5.41) is 3.33. The Morgan fingerprint density at radius 3 is 3.00 bits per heavy atom. The second-order valence-corrected chi connectivity index (χ2v) is 5.45. The lowest BCUT2D eigenvalue weighted by atomic mass is 10.0. The topological polar surface area (TPSA) is 42.1 Å². The number of thiazole rings is 1. The molecule has 0 aliphatic carbocycles. The Bertz CT molecular complexity index is 337. The molecular weight excluding hydrogens is 218 g/mol. The predicted molar refractivity (Wildman–Crippen MR) is 68.7 cm³/mol. The van der Waals surface area contributed by atoms with Crippen molar-refractivity contribution in [2.75, 3.05) is 13.1 Å². The number of nitrogens with two attached hydrogens (primary N) is 1. The minimum Gasteiger partial charge on any atom is -0.326 e. The SMILES string of the molecule is CCN1CCCCC(N)C1c1nc(C)cs1. The van der Waals surface area contributed by atoms with E-state index in [-0.39, 0.29) is 6.04 Å². The van der Waals surface area contributed by atoms with Crippen LogP contribution in [0.4, 0.5) is 0 Å². The second kappa shape index (κ2) is 5.25. The number of hydrogen-bond acceptors (Lipinski definition) is 4. The molecule has 0 aromatic carbocycles. The summed E-state index contributed by atoms with van der Waals surface area (Å²) >= 11 is 1.76. The van der Waals surface area contributed by atoms with E-state index in [1.165, 1.54) is 17.8 Å². The smallest absolute Gasteiger partial charge is 0.112 e. The van der Waals surface area contributed by atoms with E-state index in [0.717, 1.165) is 25.2 Å². The van der Waals surface area contributed by atoms with Gasteiger partial charge in [-0.3, -0.25) is 4.90 Å². The summed E-state index contributed by atoms with van der Waals surface area (Å²) < 4.78 is 0. The molecule has 0 amide bonds. The summed E-state index contributed by atoms with van der Waals surface area (Å²) in [5.41, 5.74) is 7.43. The van der Waals surface area contributed by atoms with Crippen molar-refractivity contribution in [3.63, 3.8) is 0 Å².